The molecule has 0 spiro atoms. The van der Waals surface area contributed by atoms with E-state index < -0.39 is 0 Å². The molecule has 2 heterocycles. The van der Waals surface area contributed by atoms with Crippen molar-refractivity contribution >= 4 is 35.3 Å². The van der Waals surface area contributed by atoms with Crippen molar-refractivity contribution in [2.45, 2.75) is 25.4 Å². The summed E-state index contributed by atoms with van der Waals surface area (Å²) in [6.07, 6.45) is 0.677. The number of carbonyl (C=O) groups excluding carboxylic acids is 1. The van der Waals surface area contributed by atoms with Gasteiger partial charge in [-0.1, -0.05) is 17.8 Å². The molecule has 3 aromatic rings. The standard InChI is InChI=1S/C20H28N8O3S/c1-5-21-17-24-18(22-6-2)28-19(25-17)26-27-20(28)32-12-16(29)23-10-9-13-7-8-14(30-3)15(11-13)31-4/h7-8,11H,5-6,9-10,12H2,1-4H3,(H,23,29)(H2,21,22,24,25,26). The number of methoxy groups -OCH3 is 2. The smallest absolute Gasteiger partial charge is 0.261 e. The summed E-state index contributed by atoms with van der Waals surface area (Å²) in [6, 6.07) is 5.72. The quantitative estimate of drug-likeness (QED) is 0.345. The Morgan fingerprint density at radius 3 is 2.56 bits per heavy atom. The summed E-state index contributed by atoms with van der Waals surface area (Å²) >= 11 is 1.28. The van der Waals surface area contributed by atoms with E-state index in [2.05, 4.69) is 36.1 Å². The molecule has 0 radical (unpaired) electrons. The van der Waals surface area contributed by atoms with Gasteiger partial charge in [0.1, 0.15) is 0 Å². The Morgan fingerprint density at radius 1 is 1.06 bits per heavy atom. The molecule has 0 unspecified atom stereocenters. The van der Waals surface area contributed by atoms with Crippen molar-refractivity contribution in [3.05, 3.63) is 23.8 Å². The van der Waals surface area contributed by atoms with Crippen LogP contribution in [0, 0.1) is 0 Å². The normalized spacial score (nSPS) is 10.8. The second-order valence-electron chi connectivity index (χ2n) is 6.63. The van der Waals surface area contributed by atoms with E-state index in [1.165, 1.54) is 11.8 Å². The summed E-state index contributed by atoms with van der Waals surface area (Å²) in [5.41, 5.74) is 1.04. The SMILES string of the molecule is CCNc1nc(NCC)n2c(SCC(=O)NCCc3ccc(OC)c(OC)c3)nnc2n1. The number of aromatic nitrogens is 5. The van der Waals surface area contributed by atoms with Gasteiger partial charge in [-0.05, 0) is 38.0 Å². The number of fused-ring (bicyclic) bond motifs is 1. The zero-order valence-electron chi connectivity index (χ0n) is 18.6. The fraction of sp³-hybridized carbons (Fsp3) is 0.450. The maximum Gasteiger partial charge on any atom is 0.261 e. The number of amides is 1. The highest BCUT2D eigenvalue weighted by Gasteiger charge is 2.15. The maximum atomic E-state index is 12.3. The summed E-state index contributed by atoms with van der Waals surface area (Å²) in [7, 11) is 3.20. The van der Waals surface area contributed by atoms with Crippen LogP contribution in [0.3, 0.4) is 0 Å². The number of nitrogens with one attached hydrogen (secondary N) is 3. The van der Waals surface area contributed by atoms with Crippen LogP contribution in [0.4, 0.5) is 11.9 Å². The summed E-state index contributed by atoms with van der Waals surface area (Å²) in [6.45, 7) is 5.82. The summed E-state index contributed by atoms with van der Waals surface area (Å²) in [5.74, 6) is 2.93. The first kappa shape index (κ1) is 23.4. The van der Waals surface area contributed by atoms with Crippen LogP contribution in [0.1, 0.15) is 19.4 Å². The lowest BCUT2D eigenvalue weighted by molar-refractivity contribution is -0.118. The second kappa shape index (κ2) is 11.4. The van der Waals surface area contributed by atoms with Crippen LogP contribution >= 0.6 is 11.8 Å². The number of hydrogen-bond acceptors (Lipinski definition) is 10. The molecule has 11 nitrogen and oxygen atoms in total. The zero-order valence-corrected chi connectivity index (χ0v) is 19.5. The van der Waals surface area contributed by atoms with Crippen molar-refractivity contribution in [1.29, 1.82) is 0 Å². The average molecular weight is 461 g/mol. The third-order valence-corrected chi connectivity index (χ3v) is 5.36. The van der Waals surface area contributed by atoms with Crippen molar-refractivity contribution in [3.8, 4) is 11.5 Å². The van der Waals surface area contributed by atoms with E-state index in [1.54, 1.807) is 18.6 Å². The van der Waals surface area contributed by atoms with Crippen LogP contribution < -0.4 is 25.4 Å². The number of nitrogens with zero attached hydrogens (tertiary/aromatic N) is 5. The molecule has 0 saturated carbocycles. The van der Waals surface area contributed by atoms with E-state index in [0.717, 1.165) is 5.56 Å². The van der Waals surface area contributed by atoms with E-state index in [0.29, 0.717) is 60.4 Å². The molecule has 2 aromatic heterocycles. The van der Waals surface area contributed by atoms with Crippen molar-refractivity contribution in [1.82, 2.24) is 29.9 Å². The molecule has 0 aliphatic heterocycles. The van der Waals surface area contributed by atoms with Crippen LogP contribution in [0.2, 0.25) is 0 Å². The maximum absolute atomic E-state index is 12.3. The molecule has 172 valence electrons. The van der Waals surface area contributed by atoms with E-state index in [-0.39, 0.29) is 11.7 Å². The molecule has 12 heteroatoms. The predicted octanol–water partition coefficient (Wildman–Crippen LogP) is 1.85. The number of hydrogen-bond donors (Lipinski definition) is 3. The molecular weight excluding hydrogens is 432 g/mol. The lowest BCUT2D eigenvalue weighted by Crippen LogP contribution is -2.27. The fourth-order valence-electron chi connectivity index (χ4n) is 2.96. The van der Waals surface area contributed by atoms with Gasteiger partial charge in [-0.3, -0.25) is 4.79 Å². The second-order valence-corrected chi connectivity index (χ2v) is 7.57. The molecule has 0 bridgehead atoms. The van der Waals surface area contributed by atoms with Crippen LogP contribution in [0.25, 0.3) is 5.78 Å². The number of benzene rings is 1. The molecule has 32 heavy (non-hydrogen) atoms. The lowest BCUT2D eigenvalue weighted by Gasteiger charge is -2.10. The van der Waals surface area contributed by atoms with Crippen molar-refractivity contribution in [3.63, 3.8) is 0 Å². The average Bonchev–Trinajstić information content (AvgIpc) is 3.21. The topological polar surface area (TPSA) is 128 Å². The van der Waals surface area contributed by atoms with Gasteiger partial charge in [-0.2, -0.15) is 9.97 Å². The summed E-state index contributed by atoms with van der Waals surface area (Å²) in [4.78, 5) is 21.2. The number of anilines is 2. The minimum atomic E-state index is -0.0950. The van der Waals surface area contributed by atoms with Gasteiger partial charge in [-0.15, -0.1) is 10.2 Å². The number of thioether (sulfide) groups is 1. The van der Waals surface area contributed by atoms with Crippen molar-refractivity contribution in [2.24, 2.45) is 0 Å². The van der Waals surface area contributed by atoms with Gasteiger partial charge in [0.2, 0.25) is 17.8 Å². The van der Waals surface area contributed by atoms with Gasteiger partial charge in [0, 0.05) is 19.6 Å². The van der Waals surface area contributed by atoms with Crippen LogP contribution in [-0.2, 0) is 11.2 Å². The van der Waals surface area contributed by atoms with E-state index in [4.69, 9.17) is 9.47 Å². The van der Waals surface area contributed by atoms with Gasteiger partial charge in [0.15, 0.2) is 16.7 Å². The van der Waals surface area contributed by atoms with Gasteiger partial charge in [0.25, 0.3) is 5.78 Å². The minimum absolute atomic E-state index is 0.0950. The predicted molar refractivity (Wildman–Crippen MR) is 124 cm³/mol. The Morgan fingerprint density at radius 2 is 1.84 bits per heavy atom. The fourth-order valence-corrected chi connectivity index (χ4v) is 3.72. The van der Waals surface area contributed by atoms with Crippen LogP contribution in [0.15, 0.2) is 23.4 Å². The molecule has 0 fully saturated rings. The third-order valence-electron chi connectivity index (χ3n) is 4.43. The van der Waals surface area contributed by atoms with E-state index >= 15 is 0 Å². The molecular formula is C20H28N8O3S. The molecule has 0 saturated heterocycles. The number of ether oxygens (including phenoxy) is 2. The first-order valence-corrected chi connectivity index (χ1v) is 11.3. The number of rotatable bonds is 12. The molecule has 3 N–H and O–H groups in total. The Balaban J connectivity index is 1.58. The minimum Gasteiger partial charge on any atom is -0.493 e. The molecule has 0 aliphatic rings. The lowest BCUT2D eigenvalue weighted by atomic mass is 10.1. The van der Waals surface area contributed by atoms with Gasteiger partial charge in [-0.25, -0.2) is 4.40 Å². The Hall–Kier alpha value is -3.28. The molecule has 1 amide bonds. The largest absolute Gasteiger partial charge is 0.493 e. The van der Waals surface area contributed by atoms with E-state index in [9.17, 15) is 4.79 Å². The Bertz CT molecular complexity index is 1060. The van der Waals surface area contributed by atoms with E-state index in [1.807, 2.05) is 32.0 Å². The van der Waals surface area contributed by atoms with Crippen LogP contribution in [0.5, 0.6) is 11.5 Å². The molecule has 1 aromatic carbocycles. The molecule has 3 rings (SSSR count). The highest BCUT2D eigenvalue weighted by Crippen LogP contribution is 2.27. The highest BCUT2D eigenvalue weighted by atomic mass is 32.2. The summed E-state index contributed by atoms with van der Waals surface area (Å²) in [5, 5.41) is 18.0. The number of carbonyl (C=O) groups is 1. The monoisotopic (exact) mass is 460 g/mol. The van der Waals surface area contributed by atoms with Crippen LogP contribution in [-0.4, -0.2) is 70.1 Å². The Labute approximate surface area is 190 Å². The highest BCUT2D eigenvalue weighted by molar-refractivity contribution is 7.99. The molecule has 0 atom stereocenters. The van der Waals surface area contributed by atoms with Gasteiger partial charge in [0.05, 0.1) is 20.0 Å². The van der Waals surface area contributed by atoms with Gasteiger partial charge >= 0.3 is 0 Å². The molecule has 0 aliphatic carbocycles. The van der Waals surface area contributed by atoms with Crippen molar-refractivity contribution in [2.75, 3.05) is 50.2 Å². The van der Waals surface area contributed by atoms with Gasteiger partial charge < -0.3 is 25.4 Å². The van der Waals surface area contributed by atoms with Crippen molar-refractivity contribution < 1.29 is 14.3 Å². The zero-order chi connectivity index (χ0) is 22.9. The first-order valence-electron chi connectivity index (χ1n) is 10.3. The Kier molecular flexibility index (Phi) is 8.31. The third kappa shape index (κ3) is 5.69. The first-order chi connectivity index (χ1) is 15.6. The summed E-state index contributed by atoms with van der Waals surface area (Å²) < 4.78 is 12.3.